The Labute approximate surface area is 259 Å². The minimum Gasteiger partial charge on any atom is -0.352 e. The lowest BCUT2D eigenvalue weighted by atomic mass is 9.94. The van der Waals surface area contributed by atoms with Crippen LogP contribution < -0.4 is 15.2 Å². The number of aromatic nitrogens is 2. The monoisotopic (exact) mass is 597 g/mol. The van der Waals surface area contributed by atoms with E-state index in [0.717, 1.165) is 5.57 Å². The number of terminal acetylenes is 1. The first-order valence-electron chi connectivity index (χ1n) is 14.7. The van der Waals surface area contributed by atoms with E-state index >= 15 is 4.39 Å². The van der Waals surface area contributed by atoms with Gasteiger partial charge in [-0.15, -0.1) is 6.42 Å². The number of fused-ring (bicyclic) bond motifs is 1. The topological polar surface area (TPSA) is 104 Å². The number of carbonyl (C=O) groups excluding carboxylic acids is 1. The fourth-order valence-electron chi connectivity index (χ4n) is 5.60. The summed E-state index contributed by atoms with van der Waals surface area (Å²) in [5.41, 5.74) is 5.25. The van der Waals surface area contributed by atoms with E-state index in [9.17, 15) is 10.1 Å². The van der Waals surface area contributed by atoms with Crippen LogP contribution in [0.2, 0.25) is 0 Å². The molecule has 0 radical (unpaired) electrons. The van der Waals surface area contributed by atoms with E-state index in [-0.39, 0.29) is 23.9 Å². The molecule has 44 heavy (non-hydrogen) atoms. The van der Waals surface area contributed by atoms with Crippen LogP contribution in [0.3, 0.4) is 0 Å². The molecule has 1 aromatic carbocycles. The Morgan fingerprint density at radius 2 is 2.05 bits per heavy atom. The normalized spacial score (nSPS) is 18.0. The number of hydrazone groups is 1. The molecule has 0 bridgehead atoms. The van der Waals surface area contributed by atoms with Crippen LogP contribution in [0.25, 0.3) is 16.5 Å². The van der Waals surface area contributed by atoms with Gasteiger partial charge in [0.2, 0.25) is 11.9 Å². The van der Waals surface area contributed by atoms with Gasteiger partial charge in [-0.3, -0.25) is 4.79 Å². The number of rotatable bonds is 10. The Kier molecular flexibility index (Phi) is 10.4. The highest BCUT2D eigenvalue weighted by Crippen LogP contribution is 2.37. The number of hydrogen-bond acceptors (Lipinski definition) is 9. The summed E-state index contributed by atoms with van der Waals surface area (Å²) in [6, 6.07) is 4.07. The molecule has 1 aromatic heterocycles. The van der Waals surface area contributed by atoms with Crippen molar-refractivity contribution in [2.75, 3.05) is 63.2 Å². The molecule has 230 valence electrons. The number of nitrogens with one attached hydrogen (secondary N) is 1. The third-order valence-corrected chi connectivity index (χ3v) is 8.12. The zero-order chi connectivity index (χ0) is 32.0. The molecule has 1 N–H and O–H groups in total. The standard InChI is InChI=1S/C33H40FN9O/c1-8-26(22(4)12-11-15-37-36-10-3)29-23(5)18-27-31(30(29)34)38-33(42-20-25(21-42)40(6)7)39-32(27)41-16-17-43(28(44)9-2)24(19-41)13-14-35/h1,9-12,18,24-25,37H,2,13,15-17,19-21H2,3-7H3/b12-11-,26-22+,36-10-/t24-/m1/s1. The van der Waals surface area contributed by atoms with E-state index in [0.29, 0.717) is 79.2 Å². The SMILES string of the molecule is C#C/C(=C(C)\C=C/CN/N=C\C)c1c(C)cc2c(N3CCN(C(=O)C=C)[C@H](CC#N)C3)nc(N3CC(N(C)C)C3)nc2c1F. The number of halogens is 1. The molecule has 1 atom stereocenters. The van der Waals surface area contributed by atoms with Gasteiger partial charge in [-0.05, 0) is 58.1 Å². The van der Waals surface area contributed by atoms with Crippen LogP contribution in [-0.4, -0.2) is 97.3 Å². The number of nitrogens with zero attached hydrogens (tertiary/aromatic N) is 8. The second-order valence-electron chi connectivity index (χ2n) is 11.2. The molecular weight excluding hydrogens is 557 g/mol. The Bertz CT molecular complexity index is 1590. The largest absolute Gasteiger partial charge is 0.352 e. The first-order chi connectivity index (χ1) is 21.1. The summed E-state index contributed by atoms with van der Waals surface area (Å²) >= 11 is 0. The molecule has 0 spiro atoms. The first kappa shape index (κ1) is 32.2. The quantitative estimate of drug-likeness (QED) is 0.111. The molecule has 2 aromatic rings. The summed E-state index contributed by atoms with van der Waals surface area (Å²) in [5.74, 6) is 3.00. The van der Waals surface area contributed by atoms with E-state index in [4.69, 9.17) is 16.4 Å². The number of aryl methyl sites for hydroxylation is 1. The van der Waals surface area contributed by atoms with Crippen molar-refractivity contribution in [3.05, 3.63) is 53.4 Å². The average Bonchev–Trinajstić information content (AvgIpc) is 2.97. The van der Waals surface area contributed by atoms with Crippen molar-refractivity contribution in [2.45, 2.75) is 39.3 Å². The maximum atomic E-state index is 16.7. The molecule has 0 aliphatic carbocycles. The summed E-state index contributed by atoms with van der Waals surface area (Å²) in [6.07, 6.45) is 12.8. The van der Waals surface area contributed by atoms with Gasteiger partial charge in [0.15, 0.2) is 5.82 Å². The van der Waals surface area contributed by atoms with Gasteiger partial charge in [-0.1, -0.05) is 24.7 Å². The van der Waals surface area contributed by atoms with Crippen LogP contribution in [0.4, 0.5) is 16.2 Å². The summed E-state index contributed by atoms with van der Waals surface area (Å²) < 4.78 is 16.7. The maximum Gasteiger partial charge on any atom is 0.246 e. The van der Waals surface area contributed by atoms with Gasteiger partial charge in [0.25, 0.3) is 0 Å². The number of hydrogen-bond donors (Lipinski definition) is 1. The highest BCUT2D eigenvalue weighted by molar-refractivity contribution is 5.97. The number of nitriles is 1. The lowest BCUT2D eigenvalue weighted by molar-refractivity contribution is -0.128. The Morgan fingerprint density at radius 1 is 1.30 bits per heavy atom. The van der Waals surface area contributed by atoms with Crippen LogP contribution in [0.5, 0.6) is 0 Å². The highest BCUT2D eigenvalue weighted by atomic mass is 19.1. The predicted molar refractivity (Wildman–Crippen MR) is 175 cm³/mol. The number of likely N-dealkylation sites (N-methyl/N-ethyl adjacent to an activating group) is 1. The molecule has 10 nitrogen and oxygen atoms in total. The summed E-state index contributed by atoms with van der Waals surface area (Å²) in [7, 11) is 4.06. The second-order valence-corrected chi connectivity index (χ2v) is 11.2. The Morgan fingerprint density at radius 3 is 2.68 bits per heavy atom. The van der Waals surface area contributed by atoms with E-state index in [1.54, 1.807) is 11.1 Å². The van der Waals surface area contributed by atoms with Crippen LogP contribution in [-0.2, 0) is 4.79 Å². The Balaban J connectivity index is 1.84. The van der Waals surface area contributed by atoms with Crippen LogP contribution in [0, 0.1) is 36.4 Å². The lowest BCUT2D eigenvalue weighted by Crippen LogP contribution is -2.58. The van der Waals surface area contributed by atoms with E-state index in [2.05, 4.69) is 34.0 Å². The van der Waals surface area contributed by atoms with Gasteiger partial charge in [-0.2, -0.15) is 15.3 Å². The zero-order valence-electron chi connectivity index (χ0n) is 26.1. The molecule has 1 amide bonds. The molecule has 2 fully saturated rings. The maximum absolute atomic E-state index is 16.7. The smallest absolute Gasteiger partial charge is 0.246 e. The molecule has 0 saturated carbocycles. The fraction of sp³-hybridized carbons (Fsp3) is 0.424. The summed E-state index contributed by atoms with van der Waals surface area (Å²) in [4.78, 5) is 30.1. The van der Waals surface area contributed by atoms with Crippen LogP contribution >= 0.6 is 0 Å². The number of anilines is 2. The molecular formula is C33H40FN9O. The summed E-state index contributed by atoms with van der Waals surface area (Å²) in [5, 5.41) is 14.0. The third-order valence-electron chi connectivity index (χ3n) is 8.12. The molecule has 3 heterocycles. The number of piperazine rings is 1. The summed E-state index contributed by atoms with van der Waals surface area (Å²) in [6.45, 7) is 12.3. The van der Waals surface area contributed by atoms with E-state index in [1.165, 1.54) is 6.08 Å². The highest BCUT2D eigenvalue weighted by Gasteiger charge is 2.34. The van der Waals surface area contributed by atoms with Gasteiger partial charge >= 0.3 is 0 Å². The second kappa shape index (κ2) is 14.2. The van der Waals surface area contributed by atoms with Crippen molar-refractivity contribution in [1.29, 1.82) is 5.26 Å². The van der Waals surface area contributed by atoms with Crippen LogP contribution in [0.1, 0.15) is 31.4 Å². The molecule has 11 heteroatoms. The van der Waals surface area contributed by atoms with Gasteiger partial charge in [0.05, 0.1) is 25.1 Å². The predicted octanol–water partition coefficient (Wildman–Crippen LogP) is 3.50. The van der Waals surface area contributed by atoms with Crippen molar-refractivity contribution in [2.24, 2.45) is 5.10 Å². The number of allylic oxidation sites excluding steroid dienone is 3. The van der Waals surface area contributed by atoms with Gasteiger partial charge in [0.1, 0.15) is 11.3 Å². The average molecular weight is 598 g/mol. The zero-order valence-corrected chi connectivity index (χ0v) is 26.1. The van der Waals surface area contributed by atoms with Crippen molar-refractivity contribution in [3.8, 4) is 18.4 Å². The third kappa shape index (κ3) is 6.58. The minimum atomic E-state index is -0.502. The van der Waals surface area contributed by atoms with Crippen LogP contribution in [0.15, 0.2) is 41.5 Å². The minimum absolute atomic E-state index is 0.156. The first-order valence-corrected chi connectivity index (χ1v) is 14.7. The van der Waals surface area contributed by atoms with Crippen molar-refractivity contribution in [1.82, 2.24) is 25.2 Å². The van der Waals surface area contributed by atoms with E-state index < -0.39 is 5.82 Å². The number of benzene rings is 1. The molecule has 4 rings (SSSR count). The van der Waals surface area contributed by atoms with Crippen molar-refractivity contribution in [3.63, 3.8) is 0 Å². The Hall–Kier alpha value is -4.74. The van der Waals surface area contributed by atoms with Gasteiger partial charge < -0.3 is 25.0 Å². The molecule has 2 saturated heterocycles. The number of carbonyl (C=O) groups is 1. The van der Waals surface area contributed by atoms with Gasteiger partial charge in [-0.25, -0.2) is 9.37 Å². The fourth-order valence-corrected chi connectivity index (χ4v) is 5.60. The molecule has 2 aliphatic heterocycles. The molecule has 2 aliphatic rings. The lowest BCUT2D eigenvalue weighted by Gasteiger charge is -2.44. The number of amides is 1. The van der Waals surface area contributed by atoms with Crippen molar-refractivity contribution < 1.29 is 9.18 Å². The molecule has 0 unspecified atom stereocenters. The van der Waals surface area contributed by atoms with Crippen molar-refractivity contribution >= 4 is 40.4 Å². The van der Waals surface area contributed by atoms with E-state index in [1.807, 2.05) is 62.9 Å². The van der Waals surface area contributed by atoms with Gasteiger partial charge in [0, 0.05) is 61.5 Å².